The Balaban J connectivity index is 1.33. The largest absolute Gasteiger partial charge is 0.497 e. The summed E-state index contributed by atoms with van der Waals surface area (Å²) in [5, 5.41) is 3.04. The van der Waals surface area contributed by atoms with Crippen LogP contribution in [0, 0.1) is 5.92 Å². The first-order valence-electron chi connectivity index (χ1n) is 10.2. The van der Waals surface area contributed by atoms with E-state index in [4.69, 9.17) is 14.5 Å². The van der Waals surface area contributed by atoms with Crippen molar-refractivity contribution in [3.8, 4) is 11.5 Å². The summed E-state index contributed by atoms with van der Waals surface area (Å²) in [7, 11) is 1.65. The first-order chi connectivity index (χ1) is 14.2. The number of amides is 1. The van der Waals surface area contributed by atoms with E-state index in [1.165, 1.54) is 0 Å². The molecule has 1 aromatic heterocycles. The third kappa shape index (κ3) is 4.88. The van der Waals surface area contributed by atoms with Crippen molar-refractivity contribution >= 4 is 16.9 Å². The number of fused-ring (bicyclic) bond motifs is 1. The predicted octanol–water partition coefficient (Wildman–Crippen LogP) is 3.93. The van der Waals surface area contributed by atoms with Gasteiger partial charge in [0.05, 0.1) is 31.3 Å². The smallest absolute Gasteiger partial charge is 0.223 e. The number of aromatic nitrogens is 2. The van der Waals surface area contributed by atoms with Gasteiger partial charge >= 0.3 is 0 Å². The van der Waals surface area contributed by atoms with Crippen LogP contribution in [0.4, 0.5) is 0 Å². The van der Waals surface area contributed by atoms with Crippen LogP contribution in [-0.2, 0) is 17.9 Å². The van der Waals surface area contributed by atoms with Gasteiger partial charge in [-0.25, -0.2) is 4.98 Å². The van der Waals surface area contributed by atoms with Crippen molar-refractivity contribution in [3.63, 3.8) is 0 Å². The molecule has 0 unspecified atom stereocenters. The second-order valence-corrected chi connectivity index (χ2v) is 7.40. The van der Waals surface area contributed by atoms with Gasteiger partial charge in [0.2, 0.25) is 5.91 Å². The number of rotatable bonds is 10. The summed E-state index contributed by atoms with van der Waals surface area (Å²) >= 11 is 0. The number of nitrogens with one attached hydrogen (secondary N) is 1. The zero-order valence-electron chi connectivity index (χ0n) is 16.8. The molecule has 0 bridgehead atoms. The van der Waals surface area contributed by atoms with E-state index in [2.05, 4.69) is 16.0 Å². The van der Waals surface area contributed by atoms with Crippen molar-refractivity contribution in [1.82, 2.24) is 14.9 Å². The van der Waals surface area contributed by atoms with Gasteiger partial charge in [0.15, 0.2) is 0 Å². The number of hydrogen-bond donors (Lipinski definition) is 1. The molecular weight excluding hydrogens is 366 g/mol. The molecule has 0 saturated heterocycles. The highest BCUT2D eigenvalue weighted by molar-refractivity contribution is 5.81. The maximum absolute atomic E-state index is 12.0. The number of methoxy groups -OCH3 is 1. The molecule has 1 fully saturated rings. The number of benzene rings is 2. The van der Waals surface area contributed by atoms with Crippen LogP contribution in [0.5, 0.6) is 11.5 Å². The number of carbonyl (C=O) groups is 1. The van der Waals surface area contributed by atoms with Crippen LogP contribution in [0.3, 0.4) is 0 Å². The molecule has 4 rings (SSSR count). The van der Waals surface area contributed by atoms with Gasteiger partial charge in [-0.15, -0.1) is 0 Å². The number of para-hydroxylation sites is 2. The third-order valence-electron chi connectivity index (χ3n) is 5.19. The maximum atomic E-state index is 12.0. The van der Waals surface area contributed by atoms with Crippen LogP contribution in [0.15, 0.2) is 48.5 Å². The summed E-state index contributed by atoms with van der Waals surface area (Å²) < 4.78 is 13.3. The number of carbonyl (C=O) groups excluding carboxylic acids is 1. The molecule has 1 aliphatic carbocycles. The first kappa shape index (κ1) is 19.3. The van der Waals surface area contributed by atoms with Crippen molar-refractivity contribution < 1.29 is 14.3 Å². The van der Waals surface area contributed by atoms with E-state index in [0.29, 0.717) is 13.2 Å². The van der Waals surface area contributed by atoms with E-state index < -0.39 is 0 Å². The Labute approximate surface area is 170 Å². The number of imidazole rings is 1. The highest BCUT2D eigenvalue weighted by Crippen LogP contribution is 2.29. The fraction of sp³-hybridized carbons (Fsp3) is 0.391. The Kier molecular flexibility index (Phi) is 5.98. The molecule has 0 spiro atoms. The Morgan fingerprint density at radius 2 is 1.97 bits per heavy atom. The average Bonchev–Trinajstić information content (AvgIpc) is 3.55. The molecular formula is C23H27N3O3. The fourth-order valence-corrected chi connectivity index (χ4v) is 3.42. The molecule has 0 atom stereocenters. The number of aryl methyl sites for hydroxylation is 1. The Morgan fingerprint density at radius 3 is 2.79 bits per heavy atom. The molecule has 1 heterocycles. The van der Waals surface area contributed by atoms with Gasteiger partial charge in [-0.2, -0.15) is 0 Å². The SMILES string of the molecule is COc1cccc(OCCCCn2c(CNC(=O)C3CC3)nc3ccccc32)c1. The lowest BCUT2D eigenvalue weighted by Crippen LogP contribution is -2.26. The van der Waals surface area contributed by atoms with Gasteiger partial charge in [0, 0.05) is 18.5 Å². The van der Waals surface area contributed by atoms with E-state index in [0.717, 1.165) is 60.6 Å². The van der Waals surface area contributed by atoms with E-state index in [-0.39, 0.29) is 11.8 Å². The van der Waals surface area contributed by atoms with Crippen LogP contribution in [-0.4, -0.2) is 29.2 Å². The lowest BCUT2D eigenvalue weighted by Gasteiger charge is -2.11. The molecule has 2 aromatic carbocycles. The molecule has 0 aliphatic heterocycles. The number of unbranched alkanes of at least 4 members (excludes halogenated alkanes) is 1. The lowest BCUT2D eigenvalue weighted by molar-refractivity contribution is -0.122. The second kappa shape index (κ2) is 8.99. The topological polar surface area (TPSA) is 65.4 Å². The van der Waals surface area contributed by atoms with Crippen molar-refractivity contribution in [2.24, 2.45) is 5.92 Å². The molecule has 6 nitrogen and oxygen atoms in total. The summed E-state index contributed by atoms with van der Waals surface area (Å²) in [4.78, 5) is 16.7. The third-order valence-corrected chi connectivity index (χ3v) is 5.19. The molecule has 1 aliphatic rings. The van der Waals surface area contributed by atoms with Crippen molar-refractivity contribution in [2.45, 2.75) is 38.8 Å². The van der Waals surface area contributed by atoms with Gasteiger partial charge in [-0.1, -0.05) is 18.2 Å². The predicted molar refractivity (Wildman–Crippen MR) is 112 cm³/mol. The van der Waals surface area contributed by atoms with Crippen molar-refractivity contribution in [2.75, 3.05) is 13.7 Å². The molecule has 1 saturated carbocycles. The van der Waals surface area contributed by atoms with Gasteiger partial charge in [0.1, 0.15) is 17.3 Å². The highest BCUT2D eigenvalue weighted by Gasteiger charge is 2.29. The van der Waals surface area contributed by atoms with Crippen LogP contribution in [0.1, 0.15) is 31.5 Å². The number of hydrogen-bond acceptors (Lipinski definition) is 4. The maximum Gasteiger partial charge on any atom is 0.223 e. The number of ether oxygens (including phenoxy) is 2. The Bertz CT molecular complexity index is 978. The molecule has 3 aromatic rings. The quantitative estimate of drug-likeness (QED) is 0.530. The van der Waals surface area contributed by atoms with E-state index in [9.17, 15) is 4.79 Å². The van der Waals surface area contributed by atoms with Crippen molar-refractivity contribution in [1.29, 1.82) is 0 Å². The van der Waals surface area contributed by atoms with Gasteiger partial charge in [-0.3, -0.25) is 4.79 Å². The van der Waals surface area contributed by atoms with Crippen LogP contribution in [0.25, 0.3) is 11.0 Å². The summed E-state index contributed by atoms with van der Waals surface area (Å²) in [6, 6.07) is 15.8. The van der Waals surface area contributed by atoms with Crippen LogP contribution < -0.4 is 14.8 Å². The average molecular weight is 393 g/mol. The van der Waals surface area contributed by atoms with E-state index >= 15 is 0 Å². The highest BCUT2D eigenvalue weighted by atomic mass is 16.5. The number of nitrogens with zero attached hydrogens (tertiary/aromatic N) is 2. The summed E-state index contributed by atoms with van der Waals surface area (Å²) in [6.45, 7) is 1.97. The monoisotopic (exact) mass is 393 g/mol. The Morgan fingerprint density at radius 1 is 1.14 bits per heavy atom. The van der Waals surface area contributed by atoms with Crippen LogP contribution >= 0.6 is 0 Å². The van der Waals surface area contributed by atoms with Crippen LogP contribution in [0.2, 0.25) is 0 Å². The van der Waals surface area contributed by atoms with Gasteiger partial charge in [0.25, 0.3) is 0 Å². The molecule has 152 valence electrons. The first-order valence-corrected chi connectivity index (χ1v) is 10.2. The zero-order valence-corrected chi connectivity index (χ0v) is 16.8. The van der Waals surface area contributed by atoms with E-state index in [1.54, 1.807) is 7.11 Å². The normalized spacial score (nSPS) is 13.4. The standard InChI is InChI=1S/C23H27N3O3/c1-28-18-7-6-8-19(15-18)29-14-5-4-13-26-21-10-3-2-9-20(21)25-22(26)16-24-23(27)17-11-12-17/h2-3,6-10,15,17H,4-5,11-14,16H2,1H3,(H,24,27). The lowest BCUT2D eigenvalue weighted by atomic mass is 10.3. The summed E-state index contributed by atoms with van der Waals surface area (Å²) in [6.07, 6.45) is 3.91. The minimum absolute atomic E-state index is 0.148. The van der Waals surface area contributed by atoms with Gasteiger partial charge < -0.3 is 19.4 Å². The molecule has 1 N–H and O–H groups in total. The molecule has 1 amide bonds. The zero-order chi connectivity index (χ0) is 20.1. The second-order valence-electron chi connectivity index (χ2n) is 7.40. The van der Waals surface area contributed by atoms with Gasteiger partial charge in [-0.05, 0) is 49.9 Å². The Hall–Kier alpha value is -3.02. The molecule has 6 heteroatoms. The van der Waals surface area contributed by atoms with E-state index in [1.807, 2.05) is 42.5 Å². The minimum Gasteiger partial charge on any atom is -0.497 e. The minimum atomic E-state index is 0.148. The van der Waals surface area contributed by atoms with Crippen molar-refractivity contribution in [3.05, 3.63) is 54.4 Å². The summed E-state index contributed by atoms with van der Waals surface area (Å²) in [5.74, 6) is 2.89. The summed E-state index contributed by atoms with van der Waals surface area (Å²) in [5.41, 5.74) is 2.08. The fourth-order valence-electron chi connectivity index (χ4n) is 3.42. The molecule has 0 radical (unpaired) electrons. The molecule has 29 heavy (non-hydrogen) atoms.